The molecule has 2 aromatic heterocycles. The molecule has 0 aliphatic rings. The molecule has 0 radical (unpaired) electrons. The molecule has 0 saturated carbocycles. The maximum absolute atomic E-state index is 12.4. The molecular weight excluding hydrogens is 322 g/mol. The van der Waals surface area contributed by atoms with Gasteiger partial charge >= 0.3 is 0 Å². The molecule has 0 saturated heterocycles. The number of unbranched alkanes of at least 4 members (excludes halogenated alkanes) is 5. The quantitative estimate of drug-likeness (QED) is 0.612. The average Bonchev–Trinajstić information content (AvgIpc) is 3.20. The maximum atomic E-state index is 12.4. The molecule has 24 heavy (non-hydrogen) atoms. The monoisotopic (exact) mass is 349 g/mol. The summed E-state index contributed by atoms with van der Waals surface area (Å²) in [4.78, 5) is 14.6. The van der Waals surface area contributed by atoms with Gasteiger partial charge in [-0.25, -0.2) is 0 Å². The number of hydrogen-bond acceptors (Lipinski definition) is 5. The molecule has 0 bridgehead atoms. The molecule has 0 aromatic carbocycles. The third-order valence-corrected chi connectivity index (χ3v) is 5.24. The second-order valence-electron chi connectivity index (χ2n) is 5.91. The van der Waals surface area contributed by atoms with Gasteiger partial charge in [0.05, 0.1) is 4.88 Å². The predicted octanol–water partition coefficient (Wildman–Crippen LogP) is 4.64. The molecule has 0 unspecified atom stereocenters. The van der Waals surface area contributed by atoms with Gasteiger partial charge in [0.2, 0.25) is 5.88 Å². The third-order valence-electron chi connectivity index (χ3n) is 4.00. The number of nitrogen functional groups attached to an aromatic ring is 1. The number of nitrogens with two attached hydrogens (primary N) is 1. The van der Waals surface area contributed by atoms with E-state index >= 15 is 0 Å². The number of thiophene rings is 1. The highest BCUT2D eigenvalue weighted by Gasteiger charge is 2.23. The van der Waals surface area contributed by atoms with Crippen LogP contribution in [0.1, 0.15) is 67.6 Å². The van der Waals surface area contributed by atoms with E-state index in [2.05, 4.69) is 24.3 Å². The maximum Gasteiger partial charge on any atom is 0.259 e. The van der Waals surface area contributed by atoms with Gasteiger partial charge in [-0.3, -0.25) is 4.79 Å². The molecule has 0 aliphatic carbocycles. The van der Waals surface area contributed by atoms with Crippen LogP contribution in [0.4, 0.5) is 5.88 Å². The molecule has 132 valence electrons. The van der Waals surface area contributed by atoms with Crippen LogP contribution in [-0.4, -0.2) is 17.6 Å². The van der Waals surface area contributed by atoms with E-state index in [4.69, 9.17) is 10.3 Å². The van der Waals surface area contributed by atoms with Crippen molar-refractivity contribution in [1.29, 1.82) is 0 Å². The fraction of sp³-hybridized carbons (Fsp3) is 0.556. The van der Waals surface area contributed by atoms with Crippen LogP contribution < -0.4 is 11.1 Å². The zero-order valence-corrected chi connectivity index (χ0v) is 15.4. The van der Waals surface area contributed by atoms with E-state index < -0.39 is 0 Å². The Balaban J connectivity index is 1.91. The summed E-state index contributed by atoms with van der Waals surface area (Å²) >= 11 is 1.61. The van der Waals surface area contributed by atoms with Crippen molar-refractivity contribution >= 4 is 23.1 Å². The minimum Gasteiger partial charge on any atom is -0.367 e. The molecule has 1 amide bonds. The van der Waals surface area contributed by atoms with Gasteiger partial charge in [0.15, 0.2) is 0 Å². The molecule has 0 atom stereocenters. The standard InChI is InChI=1S/C18H27N3O2S/c1-3-5-6-7-8-9-12-20-18(22)15-16(21-23-17(15)19)14-11-10-13(4-2)24-14/h10-11H,3-9,12,19H2,1-2H3,(H,20,22). The second kappa shape index (κ2) is 9.47. The van der Waals surface area contributed by atoms with Crippen molar-refractivity contribution in [2.24, 2.45) is 0 Å². The lowest BCUT2D eigenvalue weighted by Crippen LogP contribution is -2.25. The van der Waals surface area contributed by atoms with Crippen LogP contribution in [0.2, 0.25) is 0 Å². The molecule has 2 heterocycles. The topological polar surface area (TPSA) is 81.2 Å². The summed E-state index contributed by atoms with van der Waals surface area (Å²) in [6.07, 6.45) is 8.09. The SMILES string of the molecule is CCCCCCCCNC(=O)c1c(-c2ccc(CC)s2)noc1N. The van der Waals surface area contributed by atoms with Gasteiger partial charge < -0.3 is 15.6 Å². The number of amides is 1. The zero-order chi connectivity index (χ0) is 17.4. The number of nitrogens with one attached hydrogen (secondary N) is 1. The molecule has 0 aliphatic heterocycles. The number of hydrogen-bond donors (Lipinski definition) is 2. The Hall–Kier alpha value is -1.82. The molecule has 5 nitrogen and oxygen atoms in total. The third kappa shape index (κ3) is 4.84. The minimum atomic E-state index is -0.205. The van der Waals surface area contributed by atoms with Gasteiger partial charge in [-0.15, -0.1) is 11.3 Å². The van der Waals surface area contributed by atoms with Crippen molar-refractivity contribution < 1.29 is 9.32 Å². The summed E-state index contributed by atoms with van der Waals surface area (Å²) in [5.41, 5.74) is 6.71. The number of carbonyl (C=O) groups excluding carboxylic acids is 1. The summed E-state index contributed by atoms with van der Waals surface area (Å²) in [5.74, 6) is -0.124. The highest BCUT2D eigenvalue weighted by atomic mass is 32.1. The summed E-state index contributed by atoms with van der Waals surface area (Å²) in [7, 11) is 0. The van der Waals surface area contributed by atoms with Crippen LogP contribution in [0, 0.1) is 0 Å². The largest absolute Gasteiger partial charge is 0.367 e. The molecule has 0 fully saturated rings. The number of rotatable bonds is 10. The van der Waals surface area contributed by atoms with Crippen LogP contribution in [-0.2, 0) is 6.42 Å². The Morgan fingerprint density at radius 2 is 1.96 bits per heavy atom. The molecule has 3 N–H and O–H groups in total. The molecule has 2 aromatic rings. The van der Waals surface area contributed by atoms with E-state index in [0.717, 1.165) is 24.1 Å². The highest BCUT2D eigenvalue weighted by Crippen LogP contribution is 2.32. The predicted molar refractivity (Wildman–Crippen MR) is 99.3 cm³/mol. The van der Waals surface area contributed by atoms with Crippen LogP contribution in [0.25, 0.3) is 10.6 Å². The van der Waals surface area contributed by atoms with Crippen LogP contribution in [0.3, 0.4) is 0 Å². The van der Waals surface area contributed by atoms with Crippen molar-refractivity contribution in [1.82, 2.24) is 10.5 Å². The zero-order valence-electron chi connectivity index (χ0n) is 14.6. The van der Waals surface area contributed by atoms with Crippen molar-refractivity contribution in [2.75, 3.05) is 12.3 Å². The van der Waals surface area contributed by atoms with Gasteiger partial charge in [-0.05, 0) is 25.0 Å². The van der Waals surface area contributed by atoms with E-state index in [1.165, 1.54) is 30.6 Å². The first kappa shape index (κ1) is 18.5. The van der Waals surface area contributed by atoms with Crippen LogP contribution in [0.5, 0.6) is 0 Å². The van der Waals surface area contributed by atoms with Gasteiger partial charge in [0.1, 0.15) is 11.3 Å². The van der Waals surface area contributed by atoms with Crippen LogP contribution in [0.15, 0.2) is 16.7 Å². The average molecular weight is 350 g/mol. The number of anilines is 1. The van der Waals surface area contributed by atoms with E-state index in [0.29, 0.717) is 17.8 Å². The van der Waals surface area contributed by atoms with E-state index in [1.807, 2.05) is 12.1 Å². The van der Waals surface area contributed by atoms with Crippen molar-refractivity contribution in [3.05, 3.63) is 22.6 Å². The lowest BCUT2D eigenvalue weighted by Gasteiger charge is -2.05. The fourth-order valence-corrected chi connectivity index (χ4v) is 3.52. The van der Waals surface area contributed by atoms with E-state index in [9.17, 15) is 4.79 Å². The first-order chi connectivity index (χ1) is 11.7. The number of nitrogens with zero attached hydrogens (tertiary/aromatic N) is 1. The summed E-state index contributed by atoms with van der Waals surface area (Å²) < 4.78 is 5.06. The highest BCUT2D eigenvalue weighted by molar-refractivity contribution is 7.15. The lowest BCUT2D eigenvalue weighted by atomic mass is 10.1. The van der Waals surface area contributed by atoms with Crippen molar-refractivity contribution in [3.63, 3.8) is 0 Å². The van der Waals surface area contributed by atoms with Crippen LogP contribution >= 0.6 is 11.3 Å². The molecular formula is C18H27N3O2S. The number of aromatic nitrogens is 1. The molecule has 6 heteroatoms. The first-order valence-electron chi connectivity index (χ1n) is 8.79. The van der Waals surface area contributed by atoms with Crippen molar-refractivity contribution in [3.8, 4) is 10.6 Å². The van der Waals surface area contributed by atoms with Gasteiger partial charge in [0.25, 0.3) is 5.91 Å². The Labute approximate surface area is 147 Å². The molecule has 2 rings (SSSR count). The lowest BCUT2D eigenvalue weighted by molar-refractivity contribution is 0.0954. The fourth-order valence-electron chi connectivity index (χ4n) is 2.58. The van der Waals surface area contributed by atoms with E-state index in [1.54, 1.807) is 11.3 Å². The van der Waals surface area contributed by atoms with Gasteiger partial charge in [-0.2, -0.15) is 0 Å². The Kier molecular flexibility index (Phi) is 7.31. The number of carbonyl (C=O) groups is 1. The normalized spacial score (nSPS) is 10.9. The van der Waals surface area contributed by atoms with Gasteiger partial charge in [-0.1, -0.05) is 51.1 Å². The summed E-state index contributed by atoms with van der Waals surface area (Å²) in [5, 5.41) is 6.92. The molecule has 0 spiro atoms. The summed E-state index contributed by atoms with van der Waals surface area (Å²) in [6.45, 7) is 4.96. The van der Waals surface area contributed by atoms with Crippen molar-refractivity contribution in [2.45, 2.75) is 58.8 Å². The number of aryl methyl sites for hydroxylation is 1. The Morgan fingerprint density at radius 1 is 1.21 bits per heavy atom. The minimum absolute atomic E-state index is 0.0805. The second-order valence-corrected chi connectivity index (χ2v) is 7.08. The Bertz CT molecular complexity index is 648. The van der Waals surface area contributed by atoms with E-state index in [-0.39, 0.29) is 11.8 Å². The smallest absolute Gasteiger partial charge is 0.259 e. The Morgan fingerprint density at radius 3 is 2.67 bits per heavy atom. The van der Waals surface area contributed by atoms with Gasteiger partial charge in [0, 0.05) is 11.4 Å². The summed E-state index contributed by atoms with van der Waals surface area (Å²) in [6, 6.07) is 4.01. The first-order valence-corrected chi connectivity index (χ1v) is 9.61.